The van der Waals surface area contributed by atoms with E-state index in [1.807, 2.05) is 49.7 Å². The van der Waals surface area contributed by atoms with Crippen LogP contribution in [0.4, 0.5) is 5.95 Å². The Balaban J connectivity index is 2.23. The molecule has 0 fully saturated rings. The zero-order valence-electron chi connectivity index (χ0n) is 11.8. The Morgan fingerprint density at radius 1 is 1.35 bits per heavy atom. The van der Waals surface area contributed by atoms with Crippen LogP contribution in [0.25, 0.3) is 16.9 Å². The molecule has 0 aliphatic heterocycles. The molecule has 0 spiro atoms. The third-order valence-corrected chi connectivity index (χ3v) is 3.22. The van der Waals surface area contributed by atoms with Crippen molar-refractivity contribution in [1.82, 2.24) is 19.3 Å². The molecule has 6 nitrogen and oxygen atoms in total. The van der Waals surface area contributed by atoms with Gasteiger partial charge in [0.25, 0.3) is 0 Å². The first kappa shape index (κ1) is 12.5. The van der Waals surface area contributed by atoms with Gasteiger partial charge < -0.3 is 10.5 Å². The predicted octanol–water partition coefficient (Wildman–Crippen LogP) is 2.05. The number of benzene rings is 1. The Kier molecular flexibility index (Phi) is 2.85. The molecule has 20 heavy (non-hydrogen) atoms. The van der Waals surface area contributed by atoms with Crippen LogP contribution in [0.3, 0.4) is 0 Å². The van der Waals surface area contributed by atoms with Crippen LogP contribution in [-0.2, 0) is 7.05 Å². The number of aromatic nitrogens is 4. The molecular formula is C14H17N5O. The average molecular weight is 271 g/mol. The number of imidazole rings is 1. The molecule has 2 heterocycles. The first-order chi connectivity index (χ1) is 9.61. The SMILES string of the molecule is CCOc1cccc(-n2c(N)nc3c(C)nn(C)c32)c1. The van der Waals surface area contributed by atoms with E-state index in [4.69, 9.17) is 10.5 Å². The van der Waals surface area contributed by atoms with Crippen LogP contribution >= 0.6 is 0 Å². The van der Waals surface area contributed by atoms with Gasteiger partial charge in [-0.3, -0.25) is 4.57 Å². The quantitative estimate of drug-likeness (QED) is 0.791. The number of nitrogens with zero attached hydrogens (tertiary/aromatic N) is 4. The van der Waals surface area contributed by atoms with Crippen molar-refractivity contribution in [2.75, 3.05) is 12.3 Å². The highest BCUT2D eigenvalue weighted by Crippen LogP contribution is 2.26. The lowest BCUT2D eigenvalue weighted by Crippen LogP contribution is -2.05. The van der Waals surface area contributed by atoms with Gasteiger partial charge in [-0.2, -0.15) is 5.10 Å². The van der Waals surface area contributed by atoms with E-state index >= 15 is 0 Å². The maximum Gasteiger partial charge on any atom is 0.207 e. The molecule has 0 saturated heterocycles. The first-order valence-electron chi connectivity index (χ1n) is 6.52. The molecule has 6 heteroatoms. The van der Waals surface area contributed by atoms with E-state index in [9.17, 15) is 0 Å². The second-order valence-electron chi connectivity index (χ2n) is 4.62. The third-order valence-electron chi connectivity index (χ3n) is 3.22. The molecule has 0 saturated carbocycles. The molecule has 0 bridgehead atoms. The summed E-state index contributed by atoms with van der Waals surface area (Å²) in [6.07, 6.45) is 0. The van der Waals surface area contributed by atoms with Crippen molar-refractivity contribution in [3.05, 3.63) is 30.0 Å². The summed E-state index contributed by atoms with van der Waals surface area (Å²) in [7, 11) is 1.89. The van der Waals surface area contributed by atoms with E-state index in [1.54, 1.807) is 4.68 Å². The Morgan fingerprint density at radius 2 is 2.15 bits per heavy atom. The van der Waals surface area contributed by atoms with Crippen LogP contribution in [0.2, 0.25) is 0 Å². The molecule has 3 aromatic rings. The highest BCUT2D eigenvalue weighted by atomic mass is 16.5. The van der Waals surface area contributed by atoms with Crippen molar-refractivity contribution in [2.24, 2.45) is 7.05 Å². The Bertz CT molecular complexity index is 771. The van der Waals surface area contributed by atoms with E-state index in [-0.39, 0.29) is 0 Å². The maximum atomic E-state index is 6.06. The van der Waals surface area contributed by atoms with Gasteiger partial charge in [0.15, 0.2) is 5.65 Å². The van der Waals surface area contributed by atoms with E-state index in [0.29, 0.717) is 12.6 Å². The Hall–Kier alpha value is -2.50. The third kappa shape index (κ3) is 1.80. The van der Waals surface area contributed by atoms with Crippen LogP contribution < -0.4 is 10.5 Å². The standard InChI is InChI=1S/C14H17N5O/c1-4-20-11-7-5-6-10(8-11)19-13-12(16-14(19)15)9(2)17-18(13)3/h5-8H,4H2,1-3H3,(H2,15,16). The summed E-state index contributed by atoms with van der Waals surface area (Å²) < 4.78 is 9.21. The second-order valence-corrected chi connectivity index (χ2v) is 4.62. The molecular weight excluding hydrogens is 254 g/mol. The lowest BCUT2D eigenvalue weighted by Gasteiger charge is -2.09. The summed E-state index contributed by atoms with van der Waals surface area (Å²) in [4.78, 5) is 4.40. The number of ether oxygens (including phenoxy) is 1. The van der Waals surface area contributed by atoms with Crippen molar-refractivity contribution in [3.63, 3.8) is 0 Å². The maximum absolute atomic E-state index is 6.06. The molecule has 0 amide bonds. The molecule has 0 radical (unpaired) electrons. The Labute approximate surface area is 116 Å². The monoisotopic (exact) mass is 271 g/mol. The minimum atomic E-state index is 0.449. The summed E-state index contributed by atoms with van der Waals surface area (Å²) in [6.45, 7) is 4.51. The average Bonchev–Trinajstić information content (AvgIpc) is 2.89. The fourth-order valence-corrected chi connectivity index (χ4v) is 2.42. The minimum absolute atomic E-state index is 0.449. The lowest BCUT2D eigenvalue weighted by atomic mass is 10.3. The van der Waals surface area contributed by atoms with Gasteiger partial charge in [-0.25, -0.2) is 9.67 Å². The molecule has 0 aliphatic rings. The van der Waals surface area contributed by atoms with Crippen LogP contribution in [0.1, 0.15) is 12.6 Å². The molecule has 104 valence electrons. The number of anilines is 1. The number of rotatable bonds is 3. The second kappa shape index (κ2) is 4.56. The van der Waals surface area contributed by atoms with Crippen LogP contribution in [0.15, 0.2) is 24.3 Å². The van der Waals surface area contributed by atoms with Crippen LogP contribution in [0, 0.1) is 6.92 Å². The van der Waals surface area contributed by atoms with Gasteiger partial charge in [-0.1, -0.05) is 6.07 Å². The largest absolute Gasteiger partial charge is 0.494 e. The molecule has 1 aromatic carbocycles. The van der Waals surface area contributed by atoms with Gasteiger partial charge in [-0.05, 0) is 26.0 Å². The van der Waals surface area contributed by atoms with E-state index in [1.165, 1.54) is 0 Å². The molecule has 0 unspecified atom stereocenters. The van der Waals surface area contributed by atoms with Gasteiger partial charge in [0, 0.05) is 13.1 Å². The Morgan fingerprint density at radius 3 is 2.90 bits per heavy atom. The van der Waals surface area contributed by atoms with Crippen LogP contribution in [0.5, 0.6) is 5.75 Å². The highest BCUT2D eigenvalue weighted by molar-refractivity contribution is 5.80. The van der Waals surface area contributed by atoms with Gasteiger partial charge in [0.2, 0.25) is 5.95 Å². The summed E-state index contributed by atoms with van der Waals surface area (Å²) in [5.41, 5.74) is 9.56. The zero-order valence-corrected chi connectivity index (χ0v) is 11.8. The summed E-state index contributed by atoms with van der Waals surface area (Å²) in [5, 5.41) is 4.38. The first-order valence-corrected chi connectivity index (χ1v) is 6.52. The van der Waals surface area contributed by atoms with Crippen LogP contribution in [-0.4, -0.2) is 25.9 Å². The summed E-state index contributed by atoms with van der Waals surface area (Å²) in [6, 6.07) is 7.78. The van der Waals surface area contributed by atoms with E-state index < -0.39 is 0 Å². The molecule has 2 aromatic heterocycles. The lowest BCUT2D eigenvalue weighted by molar-refractivity contribution is 0.340. The van der Waals surface area contributed by atoms with Crippen molar-refractivity contribution >= 4 is 17.1 Å². The normalized spacial score (nSPS) is 11.2. The van der Waals surface area contributed by atoms with E-state index in [2.05, 4.69) is 10.1 Å². The molecule has 0 atom stereocenters. The number of hydrogen-bond acceptors (Lipinski definition) is 4. The number of fused-ring (bicyclic) bond motifs is 1. The summed E-state index contributed by atoms with van der Waals surface area (Å²) in [5.74, 6) is 1.26. The van der Waals surface area contributed by atoms with Crippen molar-refractivity contribution in [1.29, 1.82) is 0 Å². The number of nitrogen functional groups attached to an aromatic ring is 1. The smallest absolute Gasteiger partial charge is 0.207 e. The van der Waals surface area contributed by atoms with Gasteiger partial charge in [-0.15, -0.1) is 0 Å². The zero-order chi connectivity index (χ0) is 14.3. The fraction of sp³-hybridized carbons (Fsp3) is 0.286. The van der Waals surface area contributed by atoms with E-state index in [0.717, 1.165) is 28.3 Å². The number of aryl methyl sites for hydroxylation is 2. The summed E-state index contributed by atoms with van der Waals surface area (Å²) >= 11 is 0. The molecule has 2 N–H and O–H groups in total. The minimum Gasteiger partial charge on any atom is -0.494 e. The topological polar surface area (TPSA) is 70.9 Å². The molecule has 0 aliphatic carbocycles. The van der Waals surface area contributed by atoms with Gasteiger partial charge in [0.1, 0.15) is 11.3 Å². The number of nitrogens with two attached hydrogens (primary N) is 1. The van der Waals surface area contributed by atoms with Gasteiger partial charge in [0.05, 0.1) is 18.0 Å². The van der Waals surface area contributed by atoms with Gasteiger partial charge >= 0.3 is 0 Å². The van der Waals surface area contributed by atoms with Crippen molar-refractivity contribution in [2.45, 2.75) is 13.8 Å². The predicted molar refractivity (Wildman–Crippen MR) is 78.2 cm³/mol. The fourth-order valence-electron chi connectivity index (χ4n) is 2.42. The van der Waals surface area contributed by atoms with Crippen molar-refractivity contribution in [3.8, 4) is 11.4 Å². The van der Waals surface area contributed by atoms with Crippen molar-refractivity contribution < 1.29 is 4.74 Å². The number of hydrogen-bond donors (Lipinski definition) is 1. The highest BCUT2D eigenvalue weighted by Gasteiger charge is 2.17. The molecule has 3 rings (SSSR count).